The molecule has 0 saturated carbocycles. The van der Waals surface area contributed by atoms with E-state index < -0.39 is 0 Å². The molecule has 2 heterocycles. The highest BCUT2D eigenvalue weighted by Gasteiger charge is 2.19. The first-order chi connectivity index (χ1) is 16.1. The lowest BCUT2D eigenvalue weighted by Gasteiger charge is -2.20. The van der Waals surface area contributed by atoms with Gasteiger partial charge in [-0.2, -0.15) is 5.10 Å². The Morgan fingerprint density at radius 1 is 1.06 bits per heavy atom. The van der Waals surface area contributed by atoms with Crippen molar-refractivity contribution in [1.82, 2.24) is 30.0 Å². The molecule has 0 bridgehead atoms. The summed E-state index contributed by atoms with van der Waals surface area (Å²) in [4.78, 5) is 20.7. The predicted molar refractivity (Wildman–Crippen MR) is 130 cm³/mol. The normalized spacial score (nSPS) is 12.0. The van der Waals surface area contributed by atoms with E-state index in [1.54, 1.807) is 10.9 Å². The highest BCUT2D eigenvalue weighted by atomic mass is 32.1. The Hall–Kier alpha value is -4.04. The molecule has 2 aromatic heterocycles. The molecule has 0 aliphatic rings. The number of nitrogens with one attached hydrogen (secondary N) is 3. The van der Waals surface area contributed by atoms with Gasteiger partial charge >= 0.3 is 0 Å². The first kappa shape index (κ1) is 20.8. The van der Waals surface area contributed by atoms with Gasteiger partial charge in [0.1, 0.15) is 6.54 Å². The zero-order valence-corrected chi connectivity index (χ0v) is 18.8. The Morgan fingerprint density at radius 2 is 1.91 bits per heavy atom. The number of imidazole rings is 1. The van der Waals surface area contributed by atoms with Crippen molar-refractivity contribution < 1.29 is 4.79 Å². The molecule has 1 amide bonds. The molecule has 5 rings (SSSR count). The van der Waals surface area contributed by atoms with E-state index >= 15 is 0 Å². The third-order valence-corrected chi connectivity index (χ3v) is 5.86. The minimum absolute atomic E-state index is 0.0498. The summed E-state index contributed by atoms with van der Waals surface area (Å²) in [6, 6.07) is 23.5. The fourth-order valence-electron chi connectivity index (χ4n) is 3.96. The van der Waals surface area contributed by atoms with Crippen LogP contribution in [0.5, 0.6) is 0 Å². The summed E-state index contributed by atoms with van der Waals surface area (Å²) >= 11 is 5.42. The second kappa shape index (κ2) is 8.84. The molecule has 5 aromatic rings. The van der Waals surface area contributed by atoms with Crippen LogP contribution in [-0.2, 0) is 11.3 Å². The van der Waals surface area contributed by atoms with Gasteiger partial charge in [-0.05, 0) is 48.5 Å². The predicted octanol–water partition coefficient (Wildman–Crippen LogP) is 4.70. The van der Waals surface area contributed by atoms with Crippen molar-refractivity contribution in [3.63, 3.8) is 0 Å². The van der Waals surface area contributed by atoms with E-state index in [0.29, 0.717) is 10.6 Å². The van der Waals surface area contributed by atoms with Gasteiger partial charge in [0.25, 0.3) is 0 Å². The van der Waals surface area contributed by atoms with Crippen molar-refractivity contribution >= 4 is 29.2 Å². The Balaban J connectivity index is 1.46. The summed E-state index contributed by atoms with van der Waals surface area (Å²) in [5.74, 6) is 0.467. The zero-order valence-electron chi connectivity index (χ0n) is 17.9. The first-order valence-corrected chi connectivity index (χ1v) is 11.0. The van der Waals surface area contributed by atoms with Gasteiger partial charge < -0.3 is 10.3 Å². The van der Waals surface area contributed by atoms with Crippen LogP contribution >= 0.6 is 12.2 Å². The molecule has 8 heteroatoms. The molecule has 1 atom stereocenters. The van der Waals surface area contributed by atoms with Crippen LogP contribution in [0.4, 0.5) is 0 Å². The van der Waals surface area contributed by atoms with Crippen LogP contribution in [0.3, 0.4) is 0 Å². The van der Waals surface area contributed by atoms with Gasteiger partial charge in [-0.25, -0.2) is 4.98 Å². The Labute approximate surface area is 195 Å². The number of amides is 1. The van der Waals surface area contributed by atoms with E-state index in [9.17, 15) is 4.79 Å². The van der Waals surface area contributed by atoms with Crippen molar-refractivity contribution in [3.05, 3.63) is 101 Å². The first-order valence-electron chi connectivity index (χ1n) is 10.6. The van der Waals surface area contributed by atoms with Crippen LogP contribution < -0.4 is 5.32 Å². The van der Waals surface area contributed by atoms with E-state index in [4.69, 9.17) is 12.2 Å². The fourth-order valence-corrected chi connectivity index (χ4v) is 4.15. The fraction of sp³-hybridized carbons (Fsp3) is 0.120. The highest BCUT2D eigenvalue weighted by molar-refractivity contribution is 7.71. The van der Waals surface area contributed by atoms with Crippen LogP contribution in [-0.4, -0.2) is 30.6 Å². The second-order valence-electron chi connectivity index (χ2n) is 7.90. The summed E-state index contributed by atoms with van der Waals surface area (Å²) < 4.78 is 2.12. The molecule has 7 nitrogen and oxygen atoms in total. The van der Waals surface area contributed by atoms with Gasteiger partial charge in [-0.3, -0.25) is 14.5 Å². The minimum Gasteiger partial charge on any atom is -0.345 e. The molecule has 0 radical (unpaired) electrons. The number of aryl methyl sites for hydroxylation is 1. The SMILES string of the molecule is Cc1cccc(-c2n[nH]c(=S)n2CC(=O)NC(c2ccccc2)c2ccc3nc[nH]c3c2)c1. The van der Waals surface area contributed by atoms with E-state index in [1.165, 1.54) is 0 Å². The summed E-state index contributed by atoms with van der Waals surface area (Å²) in [6.45, 7) is 2.07. The molecule has 0 fully saturated rings. The summed E-state index contributed by atoms with van der Waals surface area (Å²) in [5.41, 5.74) is 5.75. The van der Waals surface area contributed by atoms with E-state index in [2.05, 4.69) is 25.5 Å². The molecule has 0 spiro atoms. The monoisotopic (exact) mass is 454 g/mol. The molecular formula is C25H22N6OS. The maximum absolute atomic E-state index is 13.2. The minimum atomic E-state index is -0.324. The van der Waals surface area contributed by atoms with Crippen molar-refractivity contribution in [3.8, 4) is 11.4 Å². The number of carbonyl (C=O) groups is 1. The van der Waals surface area contributed by atoms with Crippen LogP contribution in [0, 0.1) is 11.7 Å². The van der Waals surface area contributed by atoms with Crippen molar-refractivity contribution in [2.45, 2.75) is 19.5 Å². The van der Waals surface area contributed by atoms with Crippen LogP contribution in [0.1, 0.15) is 22.7 Å². The largest absolute Gasteiger partial charge is 0.345 e. The molecule has 33 heavy (non-hydrogen) atoms. The average molecular weight is 455 g/mol. The van der Waals surface area contributed by atoms with Crippen LogP contribution in [0.15, 0.2) is 79.1 Å². The van der Waals surface area contributed by atoms with Gasteiger partial charge in [0.2, 0.25) is 5.91 Å². The van der Waals surface area contributed by atoms with Crippen LogP contribution in [0.2, 0.25) is 0 Å². The topological polar surface area (TPSA) is 91.4 Å². The van der Waals surface area contributed by atoms with Gasteiger partial charge in [-0.15, -0.1) is 0 Å². The van der Waals surface area contributed by atoms with Crippen LogP contribution in [0.25, 0.3) is 22.4 Å². The number of rotatable bonds is 6. The number of hydrogen-bond donors (Lipinski definition) is 3. The smallest absolute Gasteiger partial charge is 0.240 e. The van der Waals surface area contributed by atoms with Gasteiger partial charge in [-0.1, -0.05) is 60.2 Å². The van der Waals surface area contributed by atoms with E-state index in [1.807, 2.05) is 79.7 Å². The summed E-state index contributed by atoms with van der Waals surface area (Å²) in [6.07, 6.45) is 1.66. The summed E-state index contributed by atoms with van der Waals surface area (Å²) in [7, 11) is 0. The molecule has 3 N–H and O–H groups in total. The Bertz CT molecular complexity index is 1480. The second-order valence-corrected chi connectivity index (χ2v) is 8.29. The highest BCUT2D eigenvalue weighted by Crippen LogP contribution is 2.25. The molecule has 0 aliphatic heterocycles. The van der Waals surface area contributed by atoms with Crippen molar-refractivity contribution in [2.24, 2.45) is 0 Å². The quantitative estimate of drug-likeness (QED) is 0.324. The lowest BCUT2D eigenvalue weighted by molar-refractivity contribution is -0.122. The number of aromatic amines is 2. The Kier molecular flexibility index (Phi) is 5.58. The zero-order chi connectivity index (χ0) is 22.8. The number of benzene rings is 3. The van der Waals surface area contributed by atoms with E-state index in [-0.39, 0.29) is 18.5 Å². The van der Waals surface area contributed by atoms with Crippen molar-refractivity contribution in [1.29, 1.82) is 0 Å². The molecule has 0 saturated heterocycles. The lowest BCUT2D eigenvalue weighted by atomic mass is 9.98. The van der Waals surface area contributed by atoms with Crippen molar-refractivity contribution in [2.75, 3.05) is 0 Å². The van der Waals surface area contributed by atoms with Gasteiger partial charge in [0, 0.05) is 5.56 Å². The average Bonchev–Trinajstić information content (AvgIpc) is 3.44. The third-order valence-electron chi connectivity index (χ3n) is 5.55. The third kappa shape index (κ3) is 4.33. The standard InChI is InChI=1S/C25H22N6OS/c1-16-6-5-9-19(12-16)24-29-30-25(33)31(24)14-22(32)28-23(17-7-3-2-4-8-17)18-10-11-20-21(13-18)27-15-26-20/h2-13,15,23H,14H2,1H3,(H,26,27)(H,28,32)(H,30,33). The molecule has 0 aliphatic carbocycles. The molecular weight excluding hydrogens is 432 g/mol. The number of fused-ring (bicyclic) bond motifs is 1. The van der Waals surface area contributed by atoms with Gasteiger partial charge in [0.05, 0.1) is 23.4 Å². The van der Waals surface area contributed by atoms with Gasteiger partial charge in [0.15, 0.2) is 10.6 Å². The molecule has 1 unspecified atom stereocenters. The van der Waals surface area contributed by atoms with E-state index in [0.717, 1.165) is 33.3 Å². The number of hydrogen-bond acceptors (Lipinski definition) is 4. The number of aromatic nitrogens is 5. The number of H-pyrrole nitrogens is 2. The maximum Gasteiger partial charge on any atom is 0.240 e. The Morgan fingerprint density at radius 3 is 2.73 bits per heavy atom. The number of carbonyl (C=O) groups excluding carboxylic acids is 1. The lowest BCUT2D eigenvalue weighted by Crippen LogP contribution is -2.32. The molecule has 3 aromatic carbocycles. The number of nitrogens with zero attached hydrogens (tertiary/aromatic N) is 3. The summed E-state index contributed by atoms with van der Waals surface area (Å²) in [5, 5.41) is 10.4. The molecule has 164 valence electrons. The maximum atomic E-state index is 13.2.